The van der Waals surface area contributed by atoms with Gasteiger partial charge in [0.05, 0.1) is 42.2 Å². The van der Waals surface area contributed by atoms with Crippen LogP contribution >= 0.6 is 0 Å². The van der Waals surface area contributed by atoms with Crippen LogP contribution in [0.3, 0.4) is 0 Å². The quantitative estimate of drug-likeness (QED) is 0.180. The summed E-state index contributed by atoms with van der Waals surface area (Å²) in [6, 6.07) is 28.9. The first-order valence-corrected chi connectivity index (χ1v) is 15.3. The van der Waals surface area contributed by atoms with Gasteiger partial charge in [0.15, 0.2) is 0 Å². The standard InChI is InChI=1S/C39H36N4O3/c1-23-17-18-40-35(19-23)42-33-14-9-8-13-31(33)32-16-15-30(22-34(32)42)46-29-12-10-11-28(21-29)43-27(5)36(26(4)41-43)37-38(44-6)24(2)20-25(3)39(37)45-7/h8-22H,1-7H3. The fourth-order valence-corrected chi connectivity index (χ4v) is 6.68. The molecule has 0 aliphatic heterocycles. The van der Waals surface area contributed by atoms with Crippen LogP contribution in [-0.4, -0.2) is 33.6 Å². The molecule has 0 atom stereocenters. The van der Waals surface area contributed by atoms with Crippen LogP contribution in [0.25, 0.3) is 44.4 Å². The third-order valence-corrected chi connectivity index (χ3v) is 8.63. The number of nitrogens with zero attached hydrogens (tertiary/aromatic N) is 4. The molecule has 0 radical (unpaired) electrons. The Labute approximate surface area is 268 Å². The van der Waals surface area contributed by atoms with E-state index < -0.39 is 0 Å². The van der Waals surface area contributed by atoms with Crippen LogP contribution in [0.5, 0.6) is 23.0 Å². The highest BCUT2D eigenvalue weighted by atomic mass is 16.5. The van der Waals surface area contributed by atoms with Crippen molar-refractivity contribution in [3.63, 3.8) is 0 Å². The summed E-state index contributed by atoms with van der Waals surface area (Å²) < 4.78 is 22.4. The van der Waals surface area contributed by atoms with E-state index in [1.807, 2.05) is 54.2 Å². The number of ether oxygens (including phenoxy) is 3. The monoisotopic (exact) mass is 608 g/mol. The molecule has 230 valence electrons. The third-order valence-electron chi connectivity index (χ3n) is 8.63. The number of hydrogen-bond donors (Lipinski definition) is 0. The lowest BCUT2D eigenvalue weighted by molar-refractivity contribution is 0.393. The van der Waals surface area contributed by atoms with E-state index in [1.165, 1.54) is 5.39 Å². The number of aromatic nitrogens is 4. The second-order valence-corrected chi connectivity index (χ2v) is 11.7. The smallest absolute Gasteiger partial charge is 0.137 e. The van der Waals surface area contributed by atoms with Crippen LogP contribution in [0.15, 0.2) is 91.1 Å². The molecule has 7 rings (SSSR count). The van der Waals surface area contributed by atoms with Gasteiger partial charge in [0.25, 0.3) is 0 Å². The highest BCUT2D eigenvalue weighted by molar-refractivity contribution is 6.09. The zero-order valence-electron chi connectivity index (χ0n) is 27.2. The Kier molecular flexibility index (Phi) is 7.24. The molecule has 3 aromatic heterocycles. The summed E-state index contributed by atoms with van der Waals surface area (Å²) in [5.41, 5.74) is 10.1. The Morgan fingerprint density at radius 2 is 1.35 bits per heavy atom. The van der Waals surface area contributed by atoms with Gasteiger partial charge in [0.1, 0.15) is 28.8 Å². The molecule has 0 saturated carbocycles. The van der Waals surface area contributed by atoms with Crippen molar-refractivity contribution < 1.29 is 14.2 Å². The summed E-state index contributed by atoms with van der Waals surface area (Å²) in [5, 5.41) is 7.29. The van der Waals surface area contributed by atoms with E-state index in [2.05, 4.69) is 80.8 Å². The van der Waals surface area contributed by atoms with E-state index in [0.29, 0.717) is 5.75 Å². The minimum absolute atomic E-state index is 0.712. The average Bonchev–Trinajstić information content (AvgIpc) is 3.53. The van der Waals surface area contributed by atoms with Gasteiger partial charge >= 0.3 is 0 Å². The summed E-state index contributed by atoms with van der Waals surface area (Å²) in [6.45, 7) is 10.3. The number of fused-ring (bicyclic) bond motifs is 3. The van der Waals surface area contributed by atoms with E-state index in [4.69, 9.17) is 24.3 Å². The van der Waals surface area contributed by atoms with Crippen molar-refractivity contribution >= 4 is 21.8 Å². The van der Waals surface area contributed by atoms with E-state index in [1.54, 1.807) is 14.2 Å². The Balaban J connectivity index is 1.30. The molecule has 0 unspecified atom stereocenters. The maximum atomic E-state index is 6.51. The largest absolute Gasteiger partial charge is 0.496 e. The van der Waals surface area contributed by atoms with Crippen molar-refractivity contribution in [3.8, 4) is 45.6 Å². The highest BCUT2D eigenvalue weighted by Crippen LogP contribution is 2.46. The summed E-state index contributed by atoms with van der Waals surface area (Å²) >= 11 is 0. The first-order valence-electron chi connectivity index (χ1n) is 15.3. The second-order valence-electron chi connectivity index (χ2n) is 11.7. The van der Waals surface area contributed by atoms with Crippen LogP contribution in [0.2, 0.25) is 0 Å². The second kappa shape index (κ2) is 11.4. The molecular weight excluding hydrogens is 572 g/mol. The van der Waals surface area contributed by atoms with Crippen LogP contribution in [0.4, 0.5) is 0 Å². The molecule has 7 aromatic rings. The van der Waals surface area contributed by atoms with Crippen molar-refractivity contribution in [2.24, 2.45) is 0 Å². The number of benzene rings is 4. The molecule has 7 nitrogen and oxygen atoms in total. The Hall–Kier alpha value is -5.56. The fourth-order valence-electron chi connectivity index (χ4n) is 6.68. The number of rotatable bonds is 7. The molecule has 0 saturated heterocycles. The predicted molar refractivity (Wildman–Crippen MR) is 184 cm³/mol. The molecular formula is C39H36N4O3. The van der Waals surface area contributed by atoms with Crippen molar-refractivity contribution in [2.75, 3.05) is 14.2 Å². The van der Waals surface area contributed by atoms with Gasteiger partial charge in [-0.15, -0.1) is 0 Å². The molecule has 3 heterocycles. The zero-order valence-corrected chi connectivity index (χ0v) is 27.2. The zero-order chi connectivity index (χ0) is 32.1. The fraction of sp³-hybridized carbons (Fsp3) is 0.179. The molecule has 0 aliphatic carbocycles. The van der Waals surface area contributed by atoms with Crippen LogP contribution in [-0.2, 0) is 0 Å². The van der Waals surface area contributed by atoms with E-state index in [9.17, 15) is 0 Å². The van der Waals surface area contributed by atoms with E-state index in [-0.39, 0.29) is 0 Å². The van der Waals surface area contributed by atoms with Crippen molar-refractivity contribution in [1.29, 1.82) is 0 Å². The number of para-hydroxylation sites is 1. The topological polar surface area (TPSA) is 63.3 Å². The molecule has 0 aliphatic rings. The molecule has 46 heavy (non-hydrogen) atoms. The third kappa shape index (κ3) is 4.76. The lowest BCUT2D eigenvalue weighted by Crippen LogP contribution is -2.01. The minimum atomic E-state index is 0.712. The normalized spacial score (nSPS) is 11.4. The van der Waals surface area contributed by atoms with Crippen LogP contribution in [0.1, 0.15) is 28.1 Å². The van der Waals surface area contributed by atoms with Gasteiger partial charge in [0.2, 0.25) is 0 Å². The first-order chi connectivity index (χ1) is 22.3. The Morgan fingerprint density at radius 3 is 2.09 bits per heavy atom. The van der Waals surface area contributed by atoms with Gasteiger partial charge < -0.3 is 14.2 Å². The molecule has 7 heteroatoms. The number of pyridine rings is 1. The van der Waals surface area contributed by atoms with Gasteiger partial charge in [-0.2, -0.15) is 5.10 Å². The molecule has 0 bridgehead atoms. The number of methoxy groups -OCH3 is 2. The van der Waals surface area contributed by atoms with Gasteiger partial charge in [-0.05, 0) is 99.8 Å². The van der Waals surface area contributed by atoms with E-state index in [0.717, 1.165) is 84.4 Å². The minimum Gasteiger partial charge on any atom is -0.496 e. The number of aryl methyl sites for hydroxylation is 4. The summed E-state index contributed by atoms with van der Waals surface area (Å²) in [4.78, 5) is 4.71. The van der Waals surface area contributed by atoms with Gasteiger partial charge in [0, 0.05) is 40.4 Å². The van der Waals surface area contributed by atoms with Crippen molar-refractivity contribution in [1.82, 2.24) is 19.3 Å². The van der Waals surface area contributed by atoms with Crippen LogP contribution < -0.4 is 14.2 Å². The average molecular weight is 609 g/mol. The van der Waals surface area contributed by atoms with Crippen molar-refractivity contribution in [2.45, 2.75) is 34.6 Å². The lowest BCUT2D eigenvalue weighted by Gasteiger charge is -2.18. The Morgan fingerprint density at radius 1 is 0.630 bits per heavy atom. The maximum absolute atomic E-state index is 6.51. The predicted octanol–water partition coefficient (Wildman–Crippen LogP) is 9.38. The maximum Gasteiger partial charge on any atom is 0.137 e. The lowest BCUT2D eigenvalue weighted by atomic mass is 9.96. The highest BCUT2D eigenvalue weighted by Gasteiger charge is 2.25. The van der Waals surface area contributed by atoms with E-state index >= 15 is 0 Å². The summed E-state index contributed by atoms with van der Waals surface area (Å²) in [6.07, 6.45) is 1.85. The molecule has 4 aromatic carbocycles. The summed E-state index contributed by atoms with van der Waals surface area (Å²) in [7, 11) is 3.40. The van der Waals surface area contributed by atoms with Crippen molar-refractivity contribution in [3.05, 3.63) is 119 Å². The van der Waals surface area contributed by atoms with Gasteiger partial charge in [-0.3, -0.25) is 4.57 Å². The SMILES string of the molecule is COc1c(C)cc(C)c(OC)c1-c1c(C)nn(-c2cccc(Oc3ccc4c5ccccc5n(-c5cc(C)ccn5)c4c3)c2)c1C. The van der Waals surface area contributed by atoms with Gasteiger partial charge in [-0.1, -0.05) is 24.3 Å². The molecule has 0 spiro atoms. The van der Waals surface area contributed by atoms with Gasteiger partial charge in [-0.25, -0.2) is 9.67 Å². The molecule has 0 N–H and O–H groups in total. The van der Waals surface area contributed by atoms with Crippen LogP contribution in [0, 0.1) is 34.6 Å². The Bertz CT molecular complexity index is 2250. The molecule has 0 fully saturated rings. The summed E-state index contributed by atoms with van der Waals surface area (Å²) in [5.74, 6) is 3.91. The molecule has 0 amide bonds. The number of hydrogen-bond acceptors (Lipinski definition) is 5. The first kappa shape index (κ1) is 29.2.